The lowest BCUT2D eigenvalue weighted by Crippen LogP contribution is -2.25. The molecule has 0 radical (unpaired) electrons. The molecule has 4 rings (SSSR count). The smallest absolute Gasteiger partial charge is 0.261 e. The van der Waals surface area contributed by atoms with Gasteiger partial charge in [0.25, 0.3) is 10.0 Å². The molecule has 1 fully saturated rings. The molecule has 35 heavy (non-hydrogen) atoms. The molecule has 0 atom stereocenters. The van der Waals surface area contributed by atoms with Crippen molar-refractivity contribution in [1.82, 2.24) is 9.55 Å². The summed E-state index contributed by atoms with van der Waals surface area (Å²) in [6, 6.07) is 11.6. The number of hydrogen-bond donors (Lipinski definition) is 2. The van der Waals surface area contributed by atoms with Crippen LogP contribution in [-0.4, -0.2) is 37.1 Å². The predicted molar refractivity (Wildman–Crippen MR) is 138 cm³/mol. The van der Waals surface area contributed by atoms with E-state index in [4.69, 9.17) is 9.72 Å². The minimum absolute atomic E-state index is 0.118. The molecule has 1 aliphatic rings. The van der Waals surface area contributed by atoms with Gasteiger partial charge in [-0.2, -0.15) is 0 Å². The maximum atomic E-state index is 13.0. The molecule has 2 aromatic carbocycles. The molecule has 0 saturated carbocycles. The van der Waals surface area contributed by atoms with Crippen LogP contribution in [0, 0.1) is 5.92 Å². The Kier molecular flexibility index (Phi) is 7.19. The van der Waals surface area contributed by atoms with Gasteiger partial charge >= 0.3 is 0 Å². The van der Waals surface area contributed by atoms with Crippen molar-refractivity contribution in [3.63, 3.8) is 0 Å². The van der Waals surface area contributed by atoms with E-state index < -0.39 is 10.0 Å². The van der Waals surface area contributed by atoms with Crippen LogP contribution in [0.4, 0.5) is 11.4 Å². The summed E-state index contributed by atoms with van der Waals surface area (Å²) in [6.07, 6.45) is 2.41. The van der Waals surface area contributed by atoms with Gasteiger partial charge in [0.15, 0.2) is 0 Å². The van der Waals surface area contributed by atoms with Crippen LogP contribution < -0.4 is 10.0 Å². The van der Waals surface area contributed by atoms with Gasteiger partial charge in [-0.1, -0.05) is 27.7 Å². The van der Waals surface area contributed by atoms with Crippen LogP contribution in [0.1, 0.15) is 52.8 Å². The number of imidazole rings is 1. The quantitative estimate of drug-likeness (QED) is 0.482. The molecule has 1 aromatic heterocycles. The van der Waals surface area contributed by atoms with Crippen molar-refractivity contribution in [2.75, 3.05) is 23.3 Å². The maximum absolute atomic E-state index is 13.0. The van der Waals surface area contributed by atoms with Gasteiger partial charge < -0.3 is 14.6 Å². The van der Waals surface area contributed by atoms with Crippen molar-refractivity contribution < 1.29 is 17.9 Å². The number of carbonyl (C=O) groups is 1. The van der Waals surface area contributed by atoms with Crippen LogP contribution in [0.2, 0.25) is 0 Å². The summed E-state index contributed by atoms with van der Waals surface area (Å²) < 4.78 is 36.4. The molecule has 8 nitrogen and oxygen atoms in total. The number of ether oxygens (including phenoxy) is 1. The van der Waals surface area contributed by atoms with E-state index in [1.165, 1.54) is 12.1 Å². The van der Waals surface area contributed by atoms with Crippen molar-refractivity contribution in [3.8, 4) is 0 Å². The third kappa shape index (κ3) is 5.85. The monoisotopic (exact) mass is 498 g/mol. The molecule has 9 heteroatoms. The van der Waals surface area contributed by atoms with E-state index in [0.717, 1.165) is 49.5 Å². The van der Waals surface area contributed by atoms with Crippen molar-refractivity contribution in [2.45, 2.75) is 63.8 Å². The third-order valence-electron chi connectivity index (χ3n) is 6.22. The number of anilines is 2. The fourth-order valence-corrected chi connectivity index (χ4v) is 5.37. The second-order valence-electron chi connectivity index (χ2n) is 10.1. The Labute approximate surface area is 207 Å². The zero-order chi connectivity index (χ0) is 25.2. The van der Waals surface area contributed by atoms with Crippen LogP contribution in [-0.2, 0) is 31.5 Å². The second-order valence-corrected chi connectivity index (χ2v) is 11.8. The first kappa shape index (κ1) is 25.2. The topological polar surface area (TPSA) is 102 Å². The van der Waals surface area contributed by atoms with Crippen molar-refractivity contribution in [3.05, 3.63) is 48.3 Å². The summed E-state index contributed by atoms with van der Waals surface area (Å²) in [5, 5.41) is 2.72. The molecule has 0 unspecified atom stereocenters. The number of benzene rings is 2. The summed E-state index contributed by atoms with van der Waals surface area (Å²) >= 11 is 0. The Hall–Kier alpha value is -2.91. The zero-order valence-corrected chi connectivity index (χ0v) is 21.6. The number of nitrogens with one attached hydrogen (secondary N) is 2. The predicted octanol–water partition coefficient (Wildman–Crippen LogP) is 4.91. The number of hydrogen-bond acceptors (Lipinski definition) is 5. The number of rotatable bonds is 7. The number of amides is 1. The highest BCUT2D eigenvalue weighted by atomic mass is 32.2. The van der Waals surface area contributed by atoms with Crippen molar-refractivity contribution in [1.29, 1.82) is 0 Å². The molecule has 0 aliphatic carbocycles. The molecule has 1 saturated heterocycles. The number of sulfonamides is 1. The molecule has 1 aliphatic heterocycles. The molecule has 0 spiro atoms. The fraction of sp³-hybridized carbons (Fsp3) is 0.462. The van der Waals surface area contributed by atoms with Crippen LogP contribution in [0.25, 0.3) is 11.0 Å². The van der Waals surface area contributed by atoms with Gasteiger partial charge in [0.2, 0.25) is 5.91 Å². The molecular formula is C26H34N4O4S. The molecule has 2 heterocycles. The van der Waals surface area contributed by atoms with Gasteiger partial charge in [0.1, 0.15) is 5.82 Å². The molecule has 3 aromatic rings. The average Bonchev–Trinajstić information content (AvgIpc) is 3.18. The summed E-state index contributed by atoms with van der Waals surface area (Å²) in [7, 11) is -3.80. The molecule has 188 valence electrons. The SMILES string of the molecule is CCC(=O)Nc1ccc(S(=O)(=O)Nc2ccc3c(c2)nc(C(C)(C)C)n3CC2CCOCC2)cc1. The van der Waals surface area contributed by atoms with E-state index in [-0.39, 0.29) is 16.2 Å². The van der Waals surface area contributed by atoms with Gasteiger partial charge in [0, 0.05) is 37.3 Å². The zero-order valence-electron chi connectivity index (χ0n) is 20.8. The molecule has 1 amide bonds. The Balaban J connectivity index is 1.60. The Morgan fingerprint density at radius 2 is 1.74 bits per heavy atom. The summed E-state index contributed by atoms with van der Waals surface area (Å²) in [4.78, 5) is 16.6. The lowest BCUT2D eigenvalue weighted by Gasteiger charge is -2.26. The Morgan fingerprint density at radius 3 is 2.37 bits per heavy atom. The van der Waals surface area contributed by atoms with Gasteiger partial charge in [-0.25, -0.2) is 13.4 Å². The highest BCUT2D eigenvalue weighted by Crippen LogP contribution is 2.31. The summed E-state index contributed by atoms with van der Waals surface area (Å²) in [5.74, 6) is 1.40. The second kappa shape index (κ2) is 9.99. The lowest BCUT2D eigenvalue weighted by atomic mass is 9.94. The first-order valence-electron chi connectivity index (χ1n) is 12.1. The first-order valence-corrected chi connectivity index (χ1v) is 13.6. The van der Waals surface area contributed by atoms with E-state index in [1.54, 1.807) is 31.2 Å². The first-order chi connectivity index (χ1) is 16.6. The largest absolute Gasteiger partial charge is 0.381 e. The van der Waals surface area contributed by atoms with Crippen molar-refractivity contribution in [2.24, 2.45) is 5.92 Å². The lowest BCUT2D eigenvalue weighted by molar-refractivity contribution is -0.115. The summed E-state index contributed by atoms with van der Waals surface area (Å²) in [5.41, 5.74) is 2.62. The maximum Gasteiger partial charge on any atom is 0.261 e. The van der Waals surface area contributed by atoms with Gasteiger partial charge in [-0.3, -0.25) is 9.52 Å². The highest BCUT2D eigenvalue weighted by molar-refractivity contribution is 7.92. The standard InChI is InChI=1S/C26H34N4O4S/c1-5-24(31)27-19-6-9-21(10-7-19)35(32,33)29-20-8-11-23-22(16-20)28-25(26(2,3)4)30(23)17-18-12-14-34-15-13-18/h6-11,16,18,29H,5,12-15,17H2,1-4H3,(H,27,31). The van der Waals surface area contributed by atoms with Crippen LogP contribution in [0.5, 0.6) is 0 Å². The van der Waals surface area contributed by atoms with E-state index >= 15 is 0 Å². The van der Waals surface area contributed by atoms with Crippen LogP contribution in [0.3, 0.4) is 0 Å². The van der Waals surface area contributed by atoms with E-state index in [2.05, 4.69) is 35.4 Å². The van der Waals surface area contributed by atoms with Crippen LogP contribution in [0.15, 0.2) is 47.4 Å². The minimum Gasteiger partial charge on any atom is -0.381 e. The normalized spacial score (nSPS) is 15.3. The van der Waals surface area contributed by atoms with Crippen molar-refractivity contribution >= 4 is 38.3 Å². The molecule has 0 bridgehead atoms. The van der Waals surface area contributed by atoms with Gasteiger partial charge in [-0.05, 0) is 61.2 Å². The van der Waals surface area contributed by atoms with Gasteiger partial charge in [-0.15, -0.1) is 0 Å². The minimum atomic E-state index is -3.80. The van der Waals surface area contributed by atoms with E-state index in [1.807, 2.05) is 6.07 Å². The molecular weight excluding hydrogens is 464 g/mol. The Morgan fingerprint density at radius 1 is 1.09 bits per heavy atom. The number of nitrogens with zero attached hydrogens (tertiary/aromatic N) is 2. The Bertz CT molecular complexity index is 1300. The van der Waals surface area contributed by atoms with Gasteiger partial charge in [0.05, 0.1) is 21.6 Å². The number of aromatic nitrogens is 2. The number of carbonyl (C=O) groups excluding carboxylic acids is 1. The van der Waals surface area contributed by atoms with E-state index in [9.17, 15) is 13.2 Å². The number of fused-ring (bicyclic) bond motifs is 1. The van der Waals surface area contributed by atoms with Crippen LogP contribution >= 0.6 is 0 Å². The fourth-order valence-electron chi connectivity index (χ4n) is 4.32. The highest BCUT2D eigenvalue weighted by Gasteiger charge is 2.26. The summed E-state index contributed by atoms with van der Waals surface area (Å²) in [6.45, 7) is 10.6. The average molecular weight is 499 g/mol. The van der Waals surface area contributed by atoms with E-state index in [0.29, 0.717) is 23.7 Å². The third-order valence-corrected chi connectivity index (χ3v) is 7.62. The molecule has 2 N–H and O–H groups in total.